The summed E-state index contributed by atoms with van der Waals surface area (Å²) in [5.74, 6) is 0. The van der Waals surface area contributed by atoms with E-state index in [-0.39, 0.29) is 18.3 Å². The van der Waals surface area contributed by atoms with Crippen molar-refractivity contribution in [2.24, 2.45) is 0 Å². The maximum Gasteiger partial charge on any atom is 0.494 e. The second kappa shape index (κ2) is 24.3. The summed E-state index contributed by atoms with van der Waals surface area (Å²) in [6.45, 7) is 8.35. The van der Waals surface area contributed by atoms with E-state index < -0.39 is 0 Å². The lowest BCUT2D eigenvalue weighted by molar-refractivity contribution is 0.00578. The van der Waals surface area contributed by atoms with Crippen molar-refractivity contribution in [3.05, 3.63) is 300 Å². The molecule has 1 aliphatic heterocycles. The van der Waals surface area contributed by atoms with Gasteiger partial charge in [-0.1, -0.05) is 170 Å². The fourth-order valence-corrected chi connectivity index (χ4v) is 13.3. The summed E-state index contributed by atoms with van der Waals surface area (Å²) in [6.07, 6.45) is 0. The minimum Gasteiger partial charge on any atom is -0.399 e. The van der Waals surface area contributed by atoms with Gasteiger partial charge in [-0.15, -0.1) is 0 Å². The summed E-state index contributed by atoms with van der Waals surface area (Å²) in [5, 5.41) is 7.53. The predicted molar refractivity (Wildman–Crippen MR) is 386 cm³/mol. The topological polar surface area (TPSA) is 84.8 Å². The zero-order valence-electron chi connectivity index (χ0n) is 51.0. The molecule has 0 atom stereocenters. The molecule has 9 nitrogen and oxygen atoms in total. The first kappa shape index (κ1) is 58.3. The minimum atomic E-state index is -0.363. The Morgan fingerprint density at radius 1 is 0.283 bits per heavy atom. The number of hydrogen-bond donors (Lipinski definition) is 0. The Morgan fingerprint density at radius 3 is 0.891 bits per heavy atom. The smallest absolute Gasteiger partial charge is 0.399 e. The lowest BCUT2D eigenvalue weighted by Gasteiger charge is -2.32. The first-order valence-corrected chi connectivity index (χ1v) is 32.3. The molecule has 0 N–H and O–H groups in total. The molecule has 0 bridgehead atoms. The van der Waals surface area contributed by atoms with Gasteiger partial charge in [0.15, 0.2) is 0 Å². The summed E-state index contributed by atoms with van der Waals surface area (Å²) >= 11 is 6.65. The molecule has 1 saturated heterocycles. The van der Waals surface area contributed by atoms with Crippen LogP contribution in [0.2, 0.25) is 0 Å². The number of benzene rings is 9. The maximum absolute atomic E-state index is 6.27. The third-order valence-electron chi connectivity index (χ3n) is 17.6. The van der Waals surface area contributed by atoms with Gasteiger partial charge in [0.2, 0.25) is 0 Å². The zero-order chi connectivity index (χ0) is 62.5. The van der Waals surface area contributed by atoms with Crippen LogP contribution >= 0.6 is 31.9 Å². The Balaban J connectivity index is 0.000000139. The van der Waals surface area contributed by atoms with Crippen molar-refractivity contribution in [3.63, 3.8) is 0 Å². The van der Waals surface area contributed by atoms with E-state index in [9.17, 15) is 0 Å². The van der Waals surface area contributed by atoms with Crippen molar-refractivity contribution in [2.75, 3.05) is 0 Å². The van der Waals surface area contributed by atoms with Crippen molar-refractivity contribution < 1.29 is 9.31 Å². The summed E-state index contributed by atoms with van der Waals surface area (Å²) in [5.41, 5.74) is 18.2. The highest BCUT2D eigenvalue weighted by Crippen LogP contribution is 2.39. The lowest BCUT2D eigenvalue weighted by Crippen LogP contribution is -2.41. The van der Waals surface area contributed by atoms with Gasteiger partial charge in [0.05, 0.1) is 78.5 Å². The third kappa shape index (κ3) is 11.0. The molecule has 16 aromatic rings. The van der Waals surface area contributed by atoms with Crippen LogP contribution in [0.15, 0.2) is 300 Å². The van der Waals surface area contributed by atoms with Crippen LogP contribution in [0.3, 0.4) is 0 Å². The Hall–Kier alpha value is -10.1. The average molecular weight is 1320 g/mol. The van der Waals surface area contributed by atoms with E-state index in [0.717, 1.165) is 77.0 Å². The number of pyridine rings is 4. The van der Waals surface area contributed by atoms with Gasteiger partial charge in [0.25, 0.3) is 0 Å². The van der Waals surface area contributed by atoms with Crippen molar-refractivity contribution in [3.8, 4) is 62.4 Å². The van der Waals surface area contributed by atoms with Gasteiger partial charge in [0, 0.05) is 60.5 Å². The number of fused-ring (bicyclic) bond motifs is 9. The third-order valence-corrected chi connectivity index (χ3v) is 18.5. The van der Waals surface area contributed by atoms with Crippen LogP contribution in [0.4, 0.5) is 0 Å². The van der Waals surface area contributed by atoms with E-state index in [1.807, 2.05) is 48.5 Å². The second-order valence-electron chi connectivity index (χ2n) is 23.9. The molecule has 17 rings (SSSR count). The van der Waals surface area contributed by atoms with Gasteiger partial charge in [0.1, 0.15) is 9.21 Å². The standard InChI is InChI=1S/C46H30N4.C24H24BNO2.C10H6Br2N2/c1-5-25-43-35(17-1)36-18-2-6-26-44(36)49(43)33-15-9-13-31(29-33)39-21-11-23-41(47-39)42-24-12-22-40(48-42)32-14-10-16-34(30-32)50-45-27-7-3-19-37(45)38-20-4-8-28-46(38)50;1-23(2)24(3,4)28-25(27-23)17-10-9-11-18(16-17)26-21-14-7-5-12-19(21)20-13-6-8-15-22(20)26;11-9-5-1-3-7(13-9)8-4-2-6-10(12)14-8/h1-30H;5-16H,1-4H3;1-6H. The van der Waals surface area contributed by atoms with Crippen molar-refractivity contribution >= 4 is 110 Å². The van der Waals surface area contributed by atoms with Crippen LogP contribution in [0.1, 0.15) is 27.7 Å². The van der Waals surface area contributed by atoms with Crippen molar-refractivity contribution in [2.45, 2.75) is 38.9 Å². The second-order valence-corrected chi connectivity index (χ2v) is 25.5. The highest BCUT2D eigenvalue weighted by Gasteiger charge is 2.51. The van der Waals surface area contributed by atoms with Crippen LogP contribution in [0, 0.1) is 0 Å². The van der Waals surface area contributed by atoms with Crippen LogP contribution in [0.5, 0.6) is 0 Å². The molecule has 92 heavy (non-hydrogen) atoms. The molecular formula is C80H60BBr2N7O2. The predicted octanol–water partition coefficient (Wildman–Crippen LogP) is 20.4. The monoisotopic (exact) mass is 1320 g/mol. The van der Waals surface area contributed by atoms with Crippen molar-refractivity contribution in [1.82, 2.24) is 33.6 Å². The molecule has 7 aromatic heterocycles. The number of para-hydroxylation sites is 6. The molecule has 9 aromatic carbocycles. The molecule has 0 radical (unpaired) electrons. The molecule has 0 saturated carbocycles. The first-order chi connectivity index (χ1) is 44.9. The highest BCUT2D eigenvalue weighted by molar-refractivity contribution is 9.10. The molecule has 0 amide bonds. The minimum absolute atomic E-state index is 0.347. The molecular weight excluding hydrogens is 1260 g/mol. The zero-order valence-corrected chi connectivity index (χ0v) is 54.2. The molecule has 0 unspecified atom stereocenters. The number of rotatable bonds is 8. The number of hydrogen-bond acceptors (Lipinski definition) is 6. The highest BCUT2D eigenvalue weighted by atomic mass is 79.9. The fraction of sp³-hybridized carbons (Fsp3) is 0.0750. The summed E-state index contributed by atoms with van der Waals surface area (Å²) in [6, 6.07) is 101. The maximum atomic E-state index is 6.27. The fourth-order valence-electron chi connectivity index (χ4n) is 12.6. The first-order valence-electron chi connectivity index (χ1n) is 30.8. The van der Waals surface area contributed by atoms with E-state index in [1.165, 1.54) is 65.4 Å². The van der Waals surface area contributed by atoms with Gasteiger partial charge in [-0.2, -0.15) is 0 Å². The van der Waals surface area contributed by atoms with Gasteiger partial charge in [-0.05, 0) is 186 Å². The van der Waals surface area contributed by atoms with E-state index in [2.05, 4.69) is 326 Å². The quantitative estimate of drug-likeness (QED) is 0.111. The van der Waals surface area contributed by atoms with Gasteiger partial charge < -0.3 is 23.0 Å². The molecule has 1 fully saturated rings. The lowest BCUT2D eigenvalue weighted by atomic mass is 9.79. The van der Waals surface area contributed by atoms with Crippen LogP contribution < -0.4 is 5.46 Å². The molecule has 444 valence electrons. The molecule has 1 aliphatic rings. The van der Waals surface area contributed by atoms with Gasteiger partial charge in [-0.3, -0.25) is 0 Å². The van der Waals surface area contributed by atoms with E-state index in [0.29, 0.717) is 0 Å². The van der Waals surface area contributed by atoms with Crippen molar-refractivity contribution in [1.29, 1.82) is 0 Å². The summed E-state index contributed by atoms with van der Waals surface area (Å²) < 4.78 is 21.2. The van der Waals surface area contributed by atoms with E-state index in [4.69, 9.17) is 19.3 Å². The Bertz CT molecular complexity index is 5040. The Kier molecular flexibility index (Phi) is 15.4. The van der Waals surface area contributed by atoms with Gasteiger partial charge in [-0.25, -0.2) is 19.9 Å². The molecule has 0 spiro atoms. The molecule has 8 heterocycles. The van der Waals surface area contributed by atoms with E-state index >= 15 is 0 Å². The number of nitrogens with zero attached hydrogens (tertiary/aromatic N) is 7. The Labute approximate surface area is 550 Å². The molecule has 0 aliphatic carbocycles. The van der Waals surface area contributed by atoms with E-state index in [1.54, 1.807) is 0 Å². The number of halogens is 2. The van der Waals surface area contributed by atoms with Crippen LogP contribution in [0.25, 0.3) is 128 Å². The average Bonchev–Trinajstić information content (AvgIpc) is 1.62. The van der Waals surface area contributed by atoms with Crippen LogP contribution in [-0.2, 0) is 9.31 Å². The SMILES string of the molecule is Brc1cccc(-c2cccc(Br)n2)n1.CC1(C)OB(c2cccc(-n3c4ccccc4c4ccccc43)c2)OC1(C)C.c1cc(-c2cccc(-c3cccc(-c4cccc(-n5c6ccccc6c6ccccc65)c4)n3)n2)cc(-n2c3ccccc3c3ccccc32)c1. The number of aromatic nitrogens is 7. The largest absolute Gasteiger partial charge is 0.494 e. The Morgan fingerprint density at radius 2 is 0.554 bits per heavy atom. The van der Waals surface area contributed by atoms with Gasteiger partial charge >= 0.3 is 7.12 Å². The summed E-state index contributed by atoms with van der Waals surface area (Å²) in [7, 11) is -0.363. The molecule has 12 heteroatoms. The van der Waals surface area contributed by atoms with Crippen LogP contribution in [-0.4, -0.2) is 52.0 Å². The summed E-state index contributed by atoms with van der Waals surface area (Å²) in [4.78, 5) is 18.9. The normalized spacial score (nSPS) is 13.4.